The molecule has 0 saturated carbocycles. The number of sulfonamides is 1. The summed E-state index contributed by atoms with van der Waals surface area (Å²) in [6.45, 7) is 1.85. The molecule has 1 fully saturated rings. The molecule has 0 radical (unpaired) electrons. The van der Waals surface area contributed by atoms with E-state index < -0.39 is 45.3 Å². The number of aromatic nitrogens is 1. The first kappa shape index (κ1) is 29.7. The van der Waals surface area contributed by atoms with Gasteiger partial charge in [-0.3, -0.25) is 14.3 Å². The summed E-state index contributed by atoms with van der Waals surface area (Å²) >= 11 is 5.94. The number of guanidine groups is 1. The normalized spacial score (nSPS) is 17.9. The lowest BCUT2D eigenvalue weighted by atomic mass is 10.0. The lowest BCUT2D eigenvalue weighted by Crippen LogP contribution is -2.60. The van der Waals surface area contributed by atoms with Crippen molar-refractivity contribution in [2.24, 2.45) is 10.8 Å². The summed E-state index contributed by atoms with van der Waals surface area (Å²) in [6, 6.07) is 6.07. The smallest absolute Gasteiger partial charge is 0.275 e. The molecule has 2 aromatic rings. The summed E-state index contributed by atoms with van der Waals surface area (Å²) < 4.78 is 40.0. The molecule has 1 saturated heterocycles. The highest BCUT2D eigenvalue weighted by Gasteiger charge is 2.35. The van der Waals surface area contributed by atoms with Crippen molar-refractivity contribution in [1.82, 2.24) is 14.8 Å². The lowest BCUT2D eigenvalue weighted by molar-refractivity contribution is -0.486. The molecule has 39 heavy (non-hydrogen) atoms. The Balaban J connectivity index is 1.78. The first-order valence-corrected chi connectivity index (χ1v) is 13.5. The fourth-order valence-corrected chi connectivity index (χ4v) is 5.57. The van der Waals surface area contributed by atoms with Crippen LogP contribution in [0.1, 0.15) is 19.8 Å². The SMILES string of the molecule is CCOC1[C@@H](NC(=O)Cn2cccc(NS(=O)(=O)c3cc(Cl)ccc3OC)c2=O)CCCN1/C(N)=N/[N+](=O)[O-]. The van der Waals surface area contributed by atoms with Crippen LogP contribution in [0.15, 0.2) is 51.3 Å². The number of methoxy groups -OCH3 is 1. The molecule has 0 aliphatic carbocycles. The molecule has 17 heteroatoms. The number of likely N-dealkylation sites (tertiary alicyclic amines) is 1. The highest BCUT2D eigenvalue weighted by atomic mass is 35.5. The van der Waals surface area contributed by atoms with Gasteiger partial charge in [-0.2, -0.15) is 0 Å². The quantitative estimate of drug-likeness (QED) is 0.155. The van der Waals surface area contributed by atoms with Crippen LogP contribution in [0.5, 0.6) is 5.75 Å². The number of nitrogens with two attached hydrogens (primary N) is 1. The predicted octanol–water partition coefficient (Wildman–Crippen LogP) is 0.761. The number of hydrogen-bond donors (Lipinski definition) is 3. The Hall–Kier alpha value is -3.89. The third-order valence-electron chi connectivity index (χ3n) is 5.72. The summed E-state index contributed by atoms with van der Waals surface area (Å²) in [5, 5.41) is 15.9. The van der Waals surface area contributed by atoms with Crippen molar-refractivity contribution in [2.45, 2.75) is 43.5 Å². The maximum absolute atomic E-state index is 13.0. The van der Waals surface area contributed by atoms with Crippen LogP contribution in [0.4, 0.5) is 5.69 Å². The van der Waals surface area contributed by atoms with E-state index in [1.54, 1.807) is 6.92 Å². The fourth-order valence-electron chi connectivity index (χ4n) is 4.08. The van der Waals surface area contributed by atoms with Crippen LogP contribution in [0, 0.1) is 10.1 Å². The first-order valence-electron chi connectivity index (χ1n) is 11.7. The van der Waals surface area contributed by atoms with E-state index in [-0.39, 0.29) is 33.9 Å². The Morgan fingerprint density at radius 2 is 2.10 bits per heavy atom. The number of nitrogens with one attached hydrogen (secondary N) is 2. The lowest BCUT2D eigenvalue weighted by Gasteiger charge is -2.40. The van der Waals surface area contributed by atoms with E-state index in [0.717, 1.165) is 4.57 Å². The molecule has 1 aliphatic rings. The van der Waals surface area contributed by atoms with E-state index in [4.69, 9.17) is 26.8 Å². The maximum atomic E-state index is 13.0. The summed E-state index contributed by atoms with van der Waals surface area (Å²) in [4.78, 5) is 37.8. The number of hydrazone groups is 1. The van der Waals surface area contributed by atoms with Crippen LogP contribution < -0.4 is 26.1 Å². The molecule has 1 aromatic carbocycles. The van der Waals surface area contributed by atoms with Crippen LogP contribution >= 0.6 is 11.6 Å². The largest absolute Gasteiger partial charge is 0.495 e. The van der Waals surface area contributed by atoms with Crippen LogP contribution in [0.3, 0.4) is 0 Å². The van der Waals surface area contributed by atoms with Gasteiger partial charge < -0.3 is 30.0 Å². The molecule has 15 nitrogen and oxygen atoms in total. The van der Waals surface area contributed by atoms with Gasteiger partial charge in [0.1, 0.15) is 28.0 Å². The Kier molecular flexibility index (Phi) is 9.71. The maximum Gasteiger partial charge on any atom is 0.275 e. The highest BCUT2D eigenvalue weighted by Crippen LogP contribution is 2.28. The van der Waals surface area contributed by atoms with Crippen LogP contribution in [0.25, 0.3) is 0 Å². The van der Waals surface area contributed by atoms with Crippen LogP contribution in [0.2, 0.25) is 5.02 Å². The molecule has 3 rings (SSSR count). The minimum absolute atomic E-state index is 0.0248. The van der Waals surface area contributed by atoms with Gasteiger partial charge in [0.05, 0.1) is 13.2 Å². The van der Waals surface area contributed by atoms with Gasteiger partial charge in [-0.05, 0) is 50.1 Å². The number of rotatable bonds is 10. The van der Waals surface area contributed by atoms with E-state index >= 15 is 0 Å². The summed E-state index contributed by atoms with van der Waals surface area (Å²) in [7, 11) is -2.98. The molecule has 0 spiro atoms. The van der Waals surface area contributed by atoms with E-state index in [1.165, 1.54) is 48.5 Å². The van der Waals surface area contributed by atoms with Crippen LogP contribution in [-0.4, -0.2) is 67.3 Å². The van der Waals surface area contributed by atoms with Gasteiger partial charge in [0.2, 0.25) is 5.91 Å². The molecule has 1 aliphatic heterocycles. The first-order chi connectivity index (χ1) is 18.5. The number of carbonyl (C=O) groups is 1. The van der Waals surface area contributed by atoms with Crippen molar-refractivity contribution < 1.29 is 27.7 Å². The number of piperidine rings is 1. The van der Waals surface area contributed by atoms with Gasteiger partial charge in [-0.1, -0.05) is 11.6 Å². The minimum Gasteiger partial charge on any atom is -0.495 e. The second kappa shape index (κ2) is 12.8. The molecule has 0 bridgehead atoms. The molecule has 2 atom stereocenters. The van der Waals surface area contributed by atoms with E-state index in [9.17, 15) is 28.1 Å². The monoisotopic (exact) mass is 585 g/mol. The zero-order valence-electron chi connectivity index (χ0n) is 21.1. The number of amides is 1. The number of hydrogen-bond acceptors (Lipinski definition) is 8. The number of halogens is 1. The van der Waals surface area contributed by atoms with Crippen LogP contribution in [-0.2, 0) is 26.1 Å². The van der Waals surface area contributed by atoms with Gasteiger partial charge >= 0.3 is 0 Å². The summed E-state index contributed by atoms with van der Waals surface area (Å²) in [5.41, 5.74) is 4.70. The van der Waals surface area contributed by atoms with E-state index in [0.29, 0.717) is 19.4 Å². The van der Waals surface area contributed by atoms with Gasteiger partial charge in [0.15, 0.2) is 11.3 Å². The molecule has 1 amide bonds. The average molecular weight is 586 g/mol. The minimum atomic E-state index is -4.27. The molecule has 1 unspecified atom stereocenters. The Bertz CT molecular complexity index is 1420. The van der Waals surface area contributed by atoms with Crippen molar-refractivity contribution in [3.05, 3.63) is 62.0 Å². The van der Waals surface area contributed by atoms with Gasteiger partial charge in [0, 0.05) is 24.4 Å². The average Bonchev–Trinajstić information content (AvgIpc) is 2.87. The van der Waals surface area contributed by atoms with Gasteiger partial charge in [-0.25, -0.2) is 18.5 Å². The molecule has 4 N–H and O–H groups in total. The Morgan fingerprint density at radius 1 is 1.36 bits per heavy atom. The summed E-state index contributed by atoms with van der Waals surface area (Å²) in [5.74, 6) is -0.906. The third-order valence-corrected chi connectivity index (χ3v) is 7.34. The highest BCUT2D eigenvalue weighted by molar-refractivity contribution is 7.92. The summed E-state index contributed by atoms with van der Waals surface area (Å²) in [6.07, 6.45) is 1.52. The molecular formula is C22H28ClN7O8S. The molecule has 2 heterocycles. The second-order valence-corrected chi connectivity index (χ2v) is 10.4. The molecule has 212 valence electrons. The number of carbonyl (C=O) groups excluding carboxylic acids is 1. The van der Waals surface area contributed by atoms with Crippen molar-refractivity contribution in [3.63, 3.8) is 0 Å². The Morgan fingerprint density at radius 3 is 2.77 bits per heavy atom. The van der Waals surface area contributed by atoms with E-state index in [1.807, 2.05) is 0 Å². The number of benzene rings is 1. The van der Waals surface area contributed by atoms with Crippen molar-refractivity contribution in [2.75, 3.05) is 25.0 Å². The number of nitrogens with zero attached hydrogens (tertiary/aromatic N) is 4. The third kappa shape index (κ3) is 7.36. The topological polar surface area (TPSA) is 200 Å². The number of ether oxygens (including phenoxy) is 2. The number of pyridine rings is 1. The number of nitro groups is 1. The second-order valence-electron chi connectivity index (χ2n) is 8.31. The fraction of sp³-hybridized carbons (Fsp3) is 0.409. The number of anilines is 1. The Labute approximate surface area is 228 Å². The van der Waals surface area contributed by atoms with Gasteiger partial charge in [-0.15, -0.1) is 0 Å². The van der Waals surface area contributed by atoms with E-state index in [2.05, 4.69) is 15.1 Å². The van der Waals surface area contributed by atoms with Crippen molar-refractivity contribution >= 4 is 39.2 Å². The zero-order valence-corrected chi connectivity index (χ0v) is 22.6. The van der Waals surface area contributed by atoms with Crippen molar-refractivity contribution in [1.29, 1.82) is 0 Å². The van der Waals surface area contributed by atoms with Gasteiger partial charge in [0.25, 0.3) is 21.5 Å². The zero-order chi connectivity index (χ0) is 28.7. The molecular weight excluding hydrogens is 558 g/mol. The van der Waals surface area contributed by atoms with Crippen molar-refractivity contribution in [3.8, 4) is 5.75 Å². The molecule has 1 aromatic heterocycles. The predicted molar refractivity (Wildman–Crippen MR) is 141 cm³/mol. The standard InChI is InChI=1S/C22H28ClN7O8S/c1-3-38-21-16(7-5-11-29(21)22(24)26-30(33)34)25-19(31)13-28-10-4-6-15(20(28)32)27-39(35,36)18-12-14(23)8-9-17(18)37-2/h4,6,8-10,12,16,21,27H,3,5,7,11,13H2,1-2H3,(H2,24,26)(H,25,31)/t16-,21?/m0/s1.